The van der Waals surface area contributed by atoms with Crippen molar-refractivity contribution in [2.45, 2.75) is 26.0 Å². The molecule has 112 valence electrons. The van der Waals surface area contributed by atoms with Gasteiger partial charge in [0.2, 0.25) is 0 Å². The van der Waals surface area contributed by atoms with Crippen LogP contribution in [0.2, 0.25) is 0 Å². The molecule has 1 atom stereocenters. The molecule has 1 unspecified atom stereocenters. The Morgan fingerprint density at radius 3 is 3.15 bits per heavy atom. The second kappa shape index (κ2) is 8.25. The Hall–Kier alpha value is -1.10. The van der Waals surface area contributed by atoms with E-state index in [-0.39, 0.29) is 0 Å². The minimum absolute atomic E-state index is 0.391. The summed E-state index contributed by atoms with van der Waals surface area (Å²) in [6, 6.07) is 8.28. The van der Waals surface area contributed by atoms with Gasteiger partial charge in [-0.3, -0.25) is 4.90 Å². The minimum atomic E-state index is 0.391. The van der Waals surface area contributed by atoms with E-state index in [0.29, 0.717) is 6.10 Å². The van der Waals surface area contributed by atoms with Crippen molar-refractivity contribution in [2.75, 3.05) is 39.9 Å². The largest absolute Gasteiger partial charge is 0.492 e. The minimum Gasteiger partial charge on any atom is -0.492 e. The highest BCUT2D eigenvalue weighted by atomic mass is 16.5. The maximum absolute atomic E-state index is 5.85. The number of ether oxygens (including phenoxy) is 2. The van der Waals surface area contributed by atoms with E-state index in [2.05, 4.69) is 29.3 Å². The van der Waals surface area contributed by atoms with Crippen molar-refractivity contribution in [1.82, 2.24) is 10.2 Å². The van der Waals surface area contributed by atoms with Crippen LogP contribution in [-0.2, 0) is 11.3 Å². The van der Waals surface area contributed by atoms with Gasteiger partial charge in [0.25, 0.3) is 0 Å². The van der Waals surface area contributed by atoms with Crippen LogP contribution in [0.5, 0.6) is 5.75 Å². The van der Waals surface area contributed by atoms with Crippen molar-refractivity contribution in [3.05, 3.63) is 29.8 Å². The van der Waals surface area contributed by atoms with E-state index in [1.165, 1.54) is 5.56 Å². The molecule has 0 saturated carbocycles. The molecule has 2 rings (SSSR count). The van der Waals surface area contributed by atoms with Crippen LogP contribution in [0.1, 0.15) is 18.9 Å². The molecule has 4 heteroatoms. The molecule has 1 aromatic rings. The van der Waals surface area contributed by atoms with Crippen LogP contribution in [0, 0.1) is 0 Å². The zero-order valence-corrected chi connectivity index (χ0v) is 12.6. The zero-order chi connectivity index (χ0) is 14.2. The average Bonchev–Trinajstić information content (AvgIpc) is 2.48. The van der Waals surface area contributed by atoms with Crippen LogP contribution >= 0.6 is 0 Å². The topological polar surface area (TPSA) is 33.7 Å². The monoisotopic (exact) mass is 278 g/mol. The Morgan fingerprint density at radius 2 is 2.35 bits per heavy atom. The van der Waals surface area contributed by atoms with Crippen molar-refractivity contribution in [3.63, 3.8) is 0 Å². The van der Waals surface area contributed by atoms with E-state index >= 15 is 0 Å². The van der Waals surface area contributed by atoms with Crippen LogP contribution in [0.3, 0.4) is 0 Å². The van der Waals surface area contributed by atoms with Crippen molar-refractivity contribution in [2.24, 2.45) is 0 Å². The van der Waals surface area contributed by atoms with Gasteiger partial charge in [-0.25, -0.2) is 0 Å². The van der Waals surface area contributed by atoms with E-state index in [0.717, 1.165) is 51.6 Å². The lowest BCUT2D eigenvalue weighted by atomic mass is 10.2. The highest BCUT2D eigenvalue weighted by molar-refractivity contribution is 5.28. The van der Waals surface area contributed by atoms with Crippen LogP contribution < -0.4 is 10.1 Å². The van der Waals surface area contributed by atoms with Crippen LogP contribution in [0.25, 0.3) is 0 Å². The van der Waals surface area contributed by atoms with E-state index < -0.39 is 0 Å². The van der Waals surface area contributed by atoms with Gasteiger partial charge in [0.1, 0.15) is 12.4 Å². The first-order valence-corrected chi connectivity index (χ1v) is 7.52. The number of rotatable bonds is 7. The molecule has 4 nitrogen and oxygen atoms in total. The third-order valence-corrected chi connectivity index (χ3v) is 3.63. The van der Waals surface area contributed by atoms with Gasteiger partial charge in [-0.1, -0.05) is 19.1 Å². The smallest absolute Gasteiger partial charge is 0.119 e. The van der Waals surface area contributed by atoms with E-state index in [1.807, 2.05) is 19.2 Å². The second-order valence-electron chi connectivity index (χ2n) is 5.23. The molecule has 1 aliphatic heterocycles. The number of nitrogens with zero attached hydrogens (tertiary/aromatic N) is 1. The van der Waals surface area contributed by atoms with Gasteiger partial charge in [-0.05, 0) is 31.2 Å². The molecular formula is C16H26N2O2. The Balaban J connectivity index is 1.73. The van der Waals surface area contributed by atoms with E-state index in [4.69, 9.17) is 9.47 Å². The molecule has 0 spiro atoms. The Labute approximate surface area is 122 Å². The molecule has 0 amide bonds. The van der Waals surface area contributed by atoms with Gasteiger partial charge in [0, 0.05) is 26.2 Å². The molecule has 1 N–H and O–H groups in total. The lowest BCUT2D eigenvalue weighted by Gasteiger charge is -2.32. The predicted molar refractivity (Wildman–Crippen MR) is 81.2 cm³/mol. The molecule has 1 heterocycles. The summed E-state index contributed by atoms with van der Waals surface area (Å²) in [6.45, 7) is 7.64. The molecular weight excluding hydrogens is 252 g/mol. The predicted octanol–water partition coefficient (Wildman–Crippen LogP) is 1.90. The third kappa shape index (κ3) is 4.78. The molecule has 0 bridgehead atoms. The fraction of sp³-hybridized carbons (Fsp3) is 0.625. The first kappa shape index (κ1) is 15.3. The molecule has 1 aromatic carbocycles. The average molecular weight is 278 g/mol. The number of morpholine rings is 1. The number of hydrogen-bond acceptors (Lipinski definition) is 4. The zero-order valence-electron chi connectivity index (χ0n) is 12.6. The van der Waals surface area contributed by atoms with Gasteiger partial charge < -0.3 is 14.8 Å². The number of nitrogens with one attached hydrogen (secondary N) is 1. The quantitative estimate of drug-likeness (QED) is 0.826. The summed E-state index contributed by atoms with van der Waals surface area (Å²) in [5.74, 6) is 0.957. The maximum atomic E-state index is 5.85. The maximum Gasteiger partial charge on any atom is 0.119 e. The summed E-state index contributed by atoms with van der Waals surface area (Å²) in [5.41, 5.74) is 1.25. The Bertz CT molecular complexity index is 398. The second-order valence-corrected chi connectivity index (χ2v) is 5.23. The van der Waals surface area contributed by atoms with Crippen molar-refractivity contribution < 1.29 is 9.47 Å². The highest BCUT2D eigenvalue weighted by Gasteiger charge is 2.18. The van der Waals surface area contributed by atoms with Gasteiger partial charge in [-0.2, -0.15) is 0 Å². The summed E-state index contributed by atoms with van der Waals surface area (Å²) < 4.78 is 11.5. The molecule has 20 heavy (non-hydrogen) atoms. The van der Waals surface area contributed by atoms with E-state index in [9.17, 15) is 0 Å². The van der Waals surface area contributed by atoms with Gasteiger partial charge >= 0.3 is 0 Å². The molecule has 1 aliphatic rings. The van der Waals surface area contributed by atoms with Crippen molar-refractivity contribution >= 4 is 0 Å². The van der Waals surface area contributed by atoms with Crippen molar-refractivity contribution in [3.8, 4) is 5.75 Å². The first-order chi connectivity index (χ1) is 9.81. The van der Waals surface area contributed by atoms with Gasteiger partial charge in [0.15, 0.2) is 0 Å². The Kier molecular flexibility index (Phi) is 6.30. The Morgan fingerprint density at radius 1 is 1.45 bits per heavy atom. The van der Waals surface area contributed by atoms with Gasteiger partial charge in [0.05, 0.1) is 12.7 Å². The first-order valence-electron chi connectivity index (χ1n) is 7.52. The summed E-state index contributed by atoms with van der Waals surface area (Å²) in [4.78, 5) is 2.43. The molecule has 0 aliphatic carbocycles. The lowest BCUT2D eigenvalue weighted by Crippen LogP contribution is -2.43. The number of hydrogen-bond donors (Lipinski definition) is 1. The van der Waals surface area contributed by atoms with Crippen LogP contribution in [0.15, 0.2) is 24.3 Å². The SMILES string of the molecule is CCC1CN(CCOc2cccc(CNC)c2)CCO1. The highest BCUT2D eigenvalue weighted by Crippen LogP contribution is 2.13. The molecule has 0 radical (unpaired) electrons. The standard InChI is InChI=1S/C16H26N2O2/c1-3-15-13-18(7-9-19-15)8-10-20-16-6-4-5-14(11-16)12-17-2/h4-6,11,15,17H,3,7-10,12-13H2,1-2H3. The normalized spacial score (nSPS) is 20.0. The number of benzene rings is 1. The van der Waals surface area contributed by atoms with Crippen molar-refractivity contribution in [1.29, 1.82) is 0 Å². The summed E-state index contributed by atoms with van der Waals surface area (Å²) >= 11 is 0. The fourth-order valence-corrected chi connectivity index (χ4v) is 2.47. The molecule has 0 aromatic heterocycles. The summed E-state index contributed by atoms with van der Waals surface area (Å²) in [6.07, 6.45) is 1.48. The van der Waals surface area contributed by atoms with Gasteiger partial charge in [-0.15, -0.1) is 0 Å². The van der Waals surface area contributed by atoms with Crippen LogP contribution in [0.4, 0.5) is 0 Å². The lowest BCUT2D eigenvalue weighted by molar-refractivity contribution is -0.0324. The molecule has 1 fully saturated rings. The summed E-state index contributed by atoms with van der Waals surface area (Å²) in [7, 11) is 1.95. The fourth-order valence-electron chi connectivity index (χ4n) is 2.47. The van der Waals surface area contributed by atoms with Crippen LogP contribution in [-0.4, -0.2) is 50.9 Å². The summed E-state index contributed by atoms with van der Waals surface area (Å²) in [5, 5.41) is 3.15. The third-order valence-electron chi connectivity index (χ3n) is 3.63. The van der Waals surface area contributed by atoms with E-state index in [1.54, 1.807) is 0 Å². The molecule has 1 saturated heterocycles.